The van der Waals surface area contributed by atoms with E-state index in [1.807, 2.05) is 24.3 Å². The molecule has 0 aromatic heterocycles. The Kier molecular flexibility index (Phi) is 6.45. The summed E-state index contributed by atoms with van der Waals surface area (Å²) in [6.45, 7) is 0.119. The Labute approximate surface area is 193 Å². The van der Waals surface area contributed by atoms with Crippen molar-refractivity contribution < 1.29 is 32.2 Å². The van der Waals surface area contributed by atoms with Gasteiger partial charge in [0.05, 0.1) is 12.7 Å². The summed E-state index contributed by atoms with van der Waals surface area (Å²) in [5.74, 6) is -0.349. The molecule has 2 amide bonds. The molecular weight excluding hydrogens is 449 g/mol. The Morgan fingerprint density at radius 1 is 1.00 bits per heavy atom. The fourth-order valence-corrected chi connectivity index (χ4v) is 3.74. The molecule has 0 fully saturated rings. The van der Waals surface area contributed by atoms with Gasteiger partial charge in [0.15, 0.2) is 18.1 Å². The van der Waals surface area contributed by atoms with E-state index in [9.17, 15) is 22.8 Å². The van der Waals surface area contributed by atoms with Crippen LogP contribution in [0.25, 0.3) is 0 Å². The van der Waals surface area contributed by atoms with E-state index in [1.54, 1.807) is 11.0 Å². The number of para-hydroxylation sites is 1. The Bertz CT molecular complexity index is 1230. The first kappa shape index (κ1) is 23.2. The summed E-state index contributed by atoms with van der Waals surface area (Å²) in [4.78, 5) is 26.9. The van der Waals surface area contributed by atoms with Crippen LogP contribution in [0.4, 0.5) is 24.5 Å². The van der Waals surface area contributed by atoms with Crippen molar-refractivity contribution in [2.45, 2.75) is 12.6 Å². The van der Waals surface area contributed by atoms with E-state index in [4.69, 9.17) is 9.47 Å². The lowest BCUT2D eigenvalue weighted by Gasteiger charge is -2.18. The lowest BCUT2D eigenvalue weighted by atomic mass is 10.1. The van der Waals surface area contributed by atoms with E-state index in [0.717, 1.165) is 29.8 Å². The van der Waals surface area contributed by atoms with Crippen molar-refractivity contribution in [3.8, 4) is 11.5 Å². The highest BCUT2D eigenvalue weighted by Crippen LogP contribution is 2.33. The summed E-state index contributed by atoms with van der Waals surface area (Å²) in [7, 11) is 1.41. The third-order valence-corrected chi connectivity index (χ3v) is 5.38. The number of nitrogens with one attached hydrogen (secondary N) is 1. The first-order valence-electron chi connectivity index (χ1n) is 10.4. The molecule has 3 aromatic rings. The van der Waals surface area contributed by atoms with Gasteiger partial charge in [-0.2, -0.15) is 13.2 Å². The summed E-state index contributed by atoms with van der Waals surface area (Å²) < 4.78 is 49.3. The van der Waals surface area contributed by atoms with Crippen LogP contribution < -0.4 is 19.7 Å². The minimum Gasteiger partial charge on any atom is -0.493 e. The maximum Gasteiger partial charge on any atom is 0.416 e. The van der Waals surface area contributed by atoms with Crippen molar-refractivity contribution in [2.24, 2.45) is 0 Å². The van der Waals surface area contributed by atoms with E-state index in [-0.39, 0.29) is 23.1 Å². The van der Waals surface area contributed by atoms with Gasteiger partial charge in [0, 0.05) is 23.5 Å². The molecule has 0 atom stereocenters. The number of fused-ring (bicyclic) bond motifs is 1. The number of methoxy groups -OCH3 is 1. The molecule has 6 nitrogen and oxygen atoms in total. The van der Waals surface area contributed by atoms with Crippen LogP contribution in [0.2, 0.25) is 0 Å². The maximum atomic E-state index is 13.0. The third-order valence-electron chi connectivity index (χ3n) is 5.38. The lowest BCUT2D eigenvalue weighted by molar-refractivity contribution is -0.137. The van der Waals surface area contributed by atoms with E-state index in [0.29, 0.717) is 12.1 Å². The van der Waals surface area contributed by atoms with E-state index >= 15 is 0 Å². The predicted molar refractivity (Wildman–Crippen MR) is 120 cm³/mol. The molecule has 0 bridgehead atoms. The number of anilines is 2. The molecule has 0 spiro atoms. The number of nitrogens with zero attached hydrogens (tertiary/aromatic N) is 1. The van der Waals surface area contributed by atoms with Crippen molar-refractivity contribution in [3.05, 3.63) is 83.4 Å². The molecule has 3 aromatic carbocycles. The Morgan fingerprint density at radius 2 is 1.79 bits per heavy atom. The first-order valence-corrected chi connectivity index (χ1v) is 10.4. The SMILES string of the molecule is COc1cc(C(=O)N2CCc3ccccc32)ccc1OCC(=O)Nc1cccc(C(F)(F)F)c1. The fourth-order valence-electron chi connectivity index (χ4n) is 3.74. The van der Waals surface area contributed by atoms with E-state index in [2.05, 4.69) is 5.32 Å². The molecule has 1 heterocycles. The maximum absolute atomic E-state index is 13.0. The molecule has 34 heavy (non-hydrogen) atoms. The number of halogens is 3. The number of hydrogen-bond acceptors (Lipinski definition) is 4. The monoisotopic (exact) mass is 470 g/mol. The highest BCUT2D eigenvalue weighted by atomic mass is 19.4. The fraction of sp³-hybridized carbons (Fsp3) is 0.200. The smallest absolute Gasteiger partial charge is 0.416 e. The van der Waals surface area contributed by atoms with Gasteiger partial charge in [0.1, 0.15) is 0 Å². The number of carbonyl (C=O) groups excluding carboxylic acids is 2. The standard InChI is InChI=1S/C25H21F3N2O4/c1-33-22-13-17(24(32)30-12-11-16-5-2-3-8-20(16)30)9-10-21(22)34-15-23(31)29-19-7-4-6-18(14-19)25(26,27)28/h2-10,13-14H,11-12,15H2,1H3,(H,29,31). The first-order chi connectivity index (χ1) is 16.3. The second kappa shape index (κ2) is 9.46. The van der Waals surface area contributed by atoms with Crippen molar-refractivity contribution in [1.82, 2.24) is 0 Å². The van der Waals surface area contributed by atoms with Crippen LogP contribution in [0.3, 0.4) is 0 Å². The van der Waals surface area contributed by atoms with Crippen molar-refractivity contribution >= 4 is 23.2 Å². The quantitative estimate of drug-likeness (QED) is 0.555. The second-order valence-corrected chi connectivity index (χ2v) is 7.62. The average Bonchev–Trinajstić information content (AvgIpc) is 3.26. The topological polar surface area (TPSA) is 67.9 Å². The molecule has 0 saturated heterocycles. The van der Waals surface area contributed by atoms with Crippen LogP contribution in [0.15, 0.2) is 66.7 Å². The van der Waals surface area contributed by atoms with Gasteiger partial charge in [0.2, 0.25) is 0 Å². The molecule has 0 saturated carbocycles. The molecule has 9 heteroatoms. The van der Waals surface area contributed by atoms with Crippen LogP contribution in [0, 0.1) is 0 Å². The van der Waals surface area contributed by atoms with Gasteiger partial charge in [0.25, 0.3) is 11.8 Å². The Balaban J connectivity index is 1.42. The van der Waals surface area contributed by atoms with Gasteiger partial charge in [-0.05, 0) is 54.4 Å². The van der Waals surface area contributed by atoms with Crippen LogP contribution in [0.1, 0.15) is 21.5 Å². The van der Waals surface area contributed by atoms with Gasteiger partial charge in [-0.15, -0.1) is 0 Å². The average molecular weight is 470 g/mol. The van der Waals surface area contributed by atoms with E-state index < -0.39 is 24.3 Å². The van der Waals surface area contributed by atoms with Crippen molar-refractivity contribution in [3.63, 3.8) is 0 Å². The summed E-state index contributed by atoms with van der Waals surface area (Å²) in [6.07, 6.45) is -3.73. The number of alkyl halides is 3. The molecule has 0 unspecified atom stereocenters. The predicted octanol–water partition coefficient (Wildman–Crippen LogP) is 4.93. The molecule has 176 valence electrons. The third kappa shape index (κ3) is 4.98. The summed E-state index contributed by atoms with van der Waals surface area (Å²) >= 11 is 0. The highest BCUT2D eigenvalue weighted by Gasteiger charge is 2.30. The lowest BCUT2D eigenvalue weighted by Crippen LogP contribution is -2.28. The molecule has 1 aliphatic rings. The minimum atomic E-state index is -4.51. The highest BCUT2D eigenvalue weighted by molar-refractivity contribution is 6.07. The second-order valence-electron chi connectivity index (χ2n) is 7.62. The van der Waals surface area contributed by atoms with Gasteiger partial charge in [-0.1, -0.05) is 24.3 Å². The molecule has 4 rings (SSSR count). The number of benzene rings is 3. The normalized spacial score (nSPS) is 12.8. The van der Waals surface area contributed by atoms with Crippen molar-refractivity contribution in [2.75, 3.05) is 30.5 Å². The molecule has 0 radical (unpaired) electrons. The number of hydrogen-bond donors (Lipinski definition) is 1. The molecular formula is C25H21F3N2O4. The Morgan fingerprint density at radius 3 is 2.56 bits per heavy atom. The molecule has 1 aliphatic heterocycles. The number of ether oxygens (including phenoxy) is 2. The van der Waals surface area contributed by atoms with Crippen molar-refractivity contribution in [1.29, 1.82) is 0 Å². The number of carbonyl (C=O) groups is 2. The Hall–Kier alpha value is -4.01. The number of amides is 2. The zero-order valence-corrected chi connectivity index (χ0v) is 18.2. The largest absolute Gasteiger partial charge is 0.493 e. The van der Waals surface area contributed by atoms with Crippen LogP contribution in [-0.2, 0) is 17.4 Å². The van der Waals surface area contributed by atoms with E-state index in [1.165, 1.54) is 31.4 Å². The number of rotatable bonds is 6. The van der Waals surface area contributed by atoms with Gasteiger partial charge >= 0.3 is 6.18 Å². The van der Waals surface area contributed by atoms with Gasteiger partial charge in [-0.3, -0.25) is 9.59 Å². The van der Waals surface area contributed by atoms with Gasteiger partial charge in [-0.25, -0.2) is 0 Å². The van der Waals surface area contributed by atoms with Crippen LogP contribution in [0.5, 0.6) is 11.5 Å². The summed E-state index contributed by atoms with van der Waals surface area (Å²) in [5, 5.41) is 2.37. The van der Waals surface area contributed by atoms with Crippen LogP contribution >= 0.6 is 0 Å². The molecule has 1 N–H and O–H groups in total. The summed E-state index contributed by atoms with van der Waals surface area (Å²) in [6, 6.07) is 16.7. The zero-order valence-electron chi connectivity index (χ0n) is 18.2. The summed E-state index contributed by atoms with van der Waals surface area (Å²) in [5.41, 5.74) is 1.51. The van der Waals surface area contributed by atoms with Crippen LogP contribution in [-0.4, -0.2) is 32.1 Å². The molecule has 0 aliphatic carbocycles. The van der Waals surface area contributed by atoms with Gasteiger partial charge < -0.3 is 19.7 Å². The zero-order chi connectivity index (χ0) is 24.3. The minimum absolute atomic E-state index is 0.00206.